The average molecular weight is 383 g/mol. The lowest BCUT2D eigenvalue weighted by Crippen LogP contribution is -2.35. The first-order valence-electron chi connectivity index (χ1n) is 8.64. The van der Waals surface area contributed by atoms with Crippen molar-refractivity contribution in [3.8, 4) is 0 Å². The second-order valence-corrected chi connectivity index (χ2v) is 7.10. The number of imidazole rings is 1. The average Bonchev–Trinajstić information content (AvgIpc) is 3.03. The van der Waals surface area contributed by atoms with Gasteiger partial charge in [0.25, 0.3) is 0 Å². The van der Waals surface area contributed by atoms with Crippen LogP contribution < -0.4 is 5.32 Å². The summed E-state index contributed by atoms with van der Waals surface area (Å²) in [4.78, 5) is 19.2. The summed E-state index contributed by atoms with van der Waals surface area (Å²) in [5, 5.41) is 2.64. The lowest BCUT2D eigenvalue weighted by Gasteiger charge is -2.29. The second-order valence-electron chi connectivity index (χ2n) is 7.10. The maximum atomic E-state index is 13.1. The molecule has 1 aromatic carbocycles. The van der Waals surface area contributed by atoms with Crippen molar-refractivity contribution in [2.75, 3.05) is 0 Å². The predicted octanol–water partition coefficient (Wildman–Crippen LogP) is 5.05. The SMILES string of the molecule is Cc1ncc(C(CCC(C)(C)C(F)(F)F)NC(=O)OCc2ccccc2)[nH]1. The highest BCUT2D eigenvalue weighted by Gasteiger charge is 2.47. The Hall–Kier alpha value is -2.51. The van der Waals surface area contributed by atoms with Gasteiger partial charge in [0, 0.05) is 0 Å². The van der Waals surface area contributed by atoms with E-state index in [0.29, 0.717) is 11.5 Å². The van der Waals surface area contributed by atoms with Crippen LogP contribution in [-0.2, 0) is 11.3 Å². The zero-order valence-corrected chi connectivity index (χ0v) is 15.6. The first kappa shape index (κ1) is 20.8. The summed E-state index contributed by atoms with van der Waals surface area (Å²) in [7, 11) is 0. The number of nitrogens with zero attached hydrogens (tertiary/aromatic N) is 1. The normalized spacial score (nSPS) is 13.3. The van der Waals surface area contributed by atoms with Gasteiger partial charge >= 0.3 is 12.3 Å². The lowest BCUT2D eigenvalue weighted by molar-refractivity contribution is -0.214. The number of alkyl halides is 3. The van der Waals surface area contributed by atoms with Crippen LogP contribution in [0.3, 0.4) is 0 Å². The highest BCUT2D eigenvalue weighted by Crippen LogP contribution is 2.42. The molecule has 2 N–H and O–H groups in total. The summed E-state index contributed by atoms with van der Waals surface area (Å²) in [5.74, 6) is 0.615. The zero-order chi connectivity index (χ0) is 20.1. The Bertz CT molecular complexity index is 742. The van der Waals surface area contributed by atoms with Crippen LogP contribution in [0, 0.1) is 12.3 Å². The van der Waals surface area contributed by atoms with Gasteiger partial charge in [-0.2, -0.15) is 13.2 Å². The molecule has 1 amide bonds. The maximum absolute atomic E-state index is 13.1. The number of carbonyl (C=O) groups is 1. The number of hydrogen-bond acceptors (Lipinski definition) is 3. The van der Waals surface area contributed by atoms with Crippen molar-refractivity contribution in [1.82, 2.24) is 15.3 Å². The van der Waals surface area contributed by atoms with Gasteiger partial charge in [-0.25, -0.2) is 9.78 Å². The fourth-order valence-electron chi connectivity index (χ4n) is 2.48. The molecule has 27 heavy (non-hydrogen) atoms. The molecule has 0 aliphatic rings. The van der Waals surface area contributed by atoms with Crippen LogP contribution in [0.1, 0.15) is 49.8 Å². The van der Waals surface area contributed by atoms with E-state index >= 15 is 0 Å². The van der Waals surface area contributed by atoms with Crippen molar-refractivity contribution in [2.45, 2.75) is 52.4 Å². The molecule has 0 fully saturated rings. The van der Waals surface area contributed by atoms with Gasteiger partial charge in [0.1, 0.15) is 12.4 Å². The molecule has 0 spiro atoms. The highest BCUT2D eigenvalue weighted by atomic mass is 19.4. The van der Waals surface area contributed by atoms with Crippen LogP contribution in [0.2, 0.25) is 0 Å². The summed E-state index contributed by atoms with van der Waals surface area (Å²) >= 11 is 0. The number of carbonyl (C=O) groups excluding carboxylic acids is 1. The van der Waals surface area contributed by atoms with Gasteiger partial charge in [-0.3, -0.25) is 0 Å². The Balaban J connectivity index is 2.01. The van der Waals surface area contributed by atoms with Crippen molar-refractivity contribution in [1.29, 1.82) is 0 Å². The topological polar surface area (TPSA) is 67.0 Å². The minimum Gasteiger partial charge on any atom is -0.445 e. The molecular weight excluding hydrogens is 359 g/mol. The number of hydrogen-bond donors (Lipinski definition) is 2. The number of ether oxygens (including phenoxy) is 1. The van der Waals surface area contributed by atoms with Crippen LogP contribution in [0.15, 0.2) is 36.5 Å². The Labute approximate surface area is 156 Å². The molecule has 0 aliphatic carbocycles. The van der Waals surface area contributed by atoms with E-state index in [1.54, 1.807) is 6.92 Å². The molecule has 1 atom stereocenters. The molecule has 0 saturated carbocycles. The monoisotopic (exact) mass is 383 g/mol. The molecular formula is C19H24F3N3O2. The van der Waals surface area contributed by atoms with Crippen molar-refractivity contribution >= 4 is 6.09 Å². The van der Waals surface area contributed by atoms with Crippen LogP contribution in [0.25, 0.3) is 0 Å². The predicted molar refractivity (Wildman–Crippen MR) is 94.9 cm³/mol. The van der Waals surface area contributed by atoms with Gasteiger partial charge in [-0.1, -0.05) is 44.2 Å². The van der Waals surface area contributed by atoms with Crippen molar-refractivity contribution in [2.24, 2.45) is 5.41 Å². The number of nitrogens with one attached hydrogen (secondary N) is 2. The number of rotatable bonds is 7. The number of alkyl carbamates (subject to hydrolysis) is 1. The summed E-state index contributed by atoms with van der Waals surface area (Å²) in [5.41, 5.74) is -0.502. The third-order valence-electron chi connectivity index (χ3n) is 4.43. The third-order valence-corrected chi connectivity index (χ3v) is 4.43. The minimum absolute atomic E-state index is 0.0788. The molecule has 1 aromatic heterocycles. The number of amides is 1. The van der Waals surface area contributed by atoms with Crippen LogP contribution in [0.5, 0.6) is 0 Å². The number of halogens is 3. The third kappa shape index (κ3) is 6.01. The van der Waals surface area contributed by atoms with Gasteiger partial charge in [-0.15, -0.1) is 0 Å². The lowest BCUT2D eigenvalue weighted by atomic mass is 9.85. The van der Waals surface area contributed by atoms with Crippen LogP contribution in [-0.4, -0.2) is 22.2 Å². The van der Waals surface area contributed by atoms with Gasteiger partial charge < -0.3 is 15.0 Å². The molecule has 1 unspecified atom stereocenters. The van der Waals surface area contributed by atoms with Crippen molar-refractivity contribution in [3.05, 3.63) is 53.6 Å². The summed E-state index contributed by atoms with van der Waals surface area (Å²) in [6.45, 7) is 4.11. The van der Waals surface area contributed by atoms with Crippen molar-refractivity contribution < 1.29 is 22.7 Å². The van der Waals surface area contributed by atoms with Crippen molar-refractivity contribution in [3.63, 3.8) is 0 Å². The van der Waals surface area contributed by atoms with Gasteiger partial charge in [0.2, 0.25) is 0 Å². The van der Waals surface area contributed by atoms with E-state index in [1.807, 2.05) is 30.3 Å². The largest absolute Gasteiger partial charge is 0.445 e. The fourth-order valence-corrected chi connectivity index (χ4v) is 2.48. The maximum Gasteiger partial charge on any atom is 0.408 e. The highest BCUT2D eigenvalue weighted by molar-refractivity contribution is 5.67. The smallest absolute Gasteiger partial charge is 0.408 e. The first-order chi connectivity index (χ1) is 12.6. The van der Waals surface area contributed by atoms with Gasteiger partial charge in [-0.05, 0) is 25.3 Å². The second kappa shape index (κ2) is 8.45. The molecule has 1 heterocycles. The molecule has 148 valence electrons. The molecule has 8 heteroatoms. The van der Waals surface area contributed by atoms with E-state index in [9.17, 15) is 18.0 Å². The quantitative estimate of drug-likeness (QED) is 0.703. The summed E-state index contributed by atoms with van der Waals surface area (Å²) < 4.78 is 44.6. The number of aromatic amines is 1. The van der Waals surface area contributed by atoms with Gasteiger partial charge in [0.15, 0.2) is 0 Å². The van der Waals surface area contributed by atoms with Crippen LogP contribution in [0.4, 0.5) is 18.0 Å². The molecule has 2 aromatic rings. The van der Waals surface area contributed by atoms with E-state index in [-0.39, 0.29) is 19.4 Å². The van der Waals surface area contributed by atoms with E-state index in [0.717, 1.165) is 19.4 Å². The molecule has 0 aliphatic heterocycles. The van der Waals surface area contributed by atoms with E-state index in [1.165, 1.54) is 6.20 Å². The van der Waals surface area contributed by atoms with Gasteiger partial charge in [0.05, 0.1) is 23.3 Å². The number of aryl methyl sites for hydroxylation is 1. The fraction of sp³-hybridized carbons (Fsp3) is 0.474. The zero-order valence-electron chi connectivity index (χ0n) is 15.6. The molecule has 0 bridgehead atoms. The molecule has 0 saturated heterocycles. The molecule has 5 nitrogen and oxygen atoms in total. The van der Waals surface area contributed by atoms with E-state index < -0.39 is 23.7 Å². The van der Waals surface area contributed by atoms with Crippen LogP contribution >= 0.6 is 0 Å². The summed E-state index contributed by atoms with van der Waals surface area (Å²) in [6.07, 6.45) is -3.57. The van der Waals surface area contributed by atoms with E-state index in [4.69, 9.17) is 4.74 Å². The Morgan fingerprint density at radius 1 is 1.26 bits per heavy atom. The standard InChI is InChI=1S/C19H24F3N3O2/c1-13-23-11-16(24-13)15(9-10-18(2,3)19(20,21)22)25-17(26)27-12-14-7-5-4-6-8-14/h4-8,11,15H,9-10,12H2,1-3H3,(H,23,24)(H,25,26). The Morgan fingerprint density at radius 3 is 2.48 bits per heavy atom. The minimum atomic E-state index is -4.32. The molecule has 0 radical (unpaired) electrons. The summed E-state index contributed by atoms with van der Waals surface area (Å²) in [6, 6.07) is 8.47. The Kier molecular flexibility index (Phi) is 6.51. The number of H-pyrrole nitrogens is 1. The number of aromatic nitrogens is 2. The Morgan fingerprint density at radius 2 is 1.93 bits per heavy atom. The molecule has 2 rings (SSSR count). The van der Waals surface area contributed by atoms with E-state index in [2.05, 4.69) is 15.3 Å². The first-order valence-corrected chi connectivity index (χ1v) is 8.64. The number of benzene rings is 1.